The zero-order valence-corrected chi connectivity index (χ0v) is 21.0. The third kappa shape index (κ3) is 5.97. The van der Waals surface area contributed by atoms with Gasteiger partial charge in [-0.15, -0.1) is 0 Å². The quantitative estimate of drug-likeness (QED) is 0.504. The van der Waals surface area contributed by atoms with Crippen LogP contribution in [-0.2, 0) is 10.0 Å². The third-order valence-electron chi connectivity index (χ3n) is 6.27. The first-order valence-corrected chi connectivity index (χ1v) is 13.4. The molecule has 1 fully saturated rings. The number of hydrogen-bond donors (Lipinski definition) is 2. The Bertz CT molecular complexity index is 1200. The van der Waals surface area contributed by atoms with E-state index in [4.69, 9.17) is 0 Å². The van der Waals surface area contributed by atoms with Crippen molar-refractivity contribution in [2.75, 3.05) is 32.7 Å². The highest BCUT2D eigenvalue weighted by Crippen LogP contribution is 2.29. The Morgan fingerprint density at radius 2 is 1.46 bits per heavy atom. The summed E-state index contributed by atoms with van der Waals surface area (Å²) in [5.41, 5.74) is 6.55. The summed E-state index contributed by atoms with van der Waals surface area (Å²) in [7, 11) is -3.64. The van der Waals surface area contributed by atoms with Gasteiger partial charge in [-0.3, -0.25) is 15.1 Å². The molecule has 35 heavy (non-hydrogen) atoms. The average Bonchev–Trinajstić information content (AvgIpc) is 2.86. The molecule has 1 heterocycles. The van der Waals surface area contributed by atoms with Crippen molar-refractivity contribution < 1.29 is 13.2 Å². The number of benzene rings is 3. The number of nitrogens with zero attached hydrogens (tertiary/aromatic N) is 2. The molecule has 184 valence electrons. The van der Waals surface area contributed by atoms with E-state index in [2.05, 4.69) is 63.6 Å². The maximum Gasteiger partial charge on any atom is 0.265 e. The van der Waals surface area contributed by atoms with Crippen LogP contribution in [0, 0.1) is 6.92 Å². The highest BCUT2D eigenvalue weighted by molar-refractivity contribution is 7.89. The molecule has 2 N–H and O–H groups in total. The predicted molar refractivity (Wildman–Crippen MR) is 137 cm³/mol. The molecule has 0 unspecified atom stereocenters. The van der Waals surface area contributed by atoms with Gasteiger partial charge in [0.05, 0.1) is 10.9 Å². The summed E-state index contributed by atoms with van der Waals surface area (Å²) in [4.78, 5) is 15.6. The van der Waals surface area contributed by atoms with Crippen LogP contribution in [0.4, 0.5) is 0 Å². The first-order chi connectivity index (χ1) is 16.9. The standard InChI is InChI=1S/C27H32N4O3S/c1-3-28-35(33,34)24-15-14-21(2)25(20-24)27(32)29-31-18-16-30(17-19-31)26(22-10-6-4-7-11-22)23-12-8-5-9-13-23/h4-15,20,26,28H,3,16-19H2,1-2H3,(H,29,32). The SMILES string of the molecule is CCNS(=O)(=O)c1ccc(C)c(C(=O)NN2CCN(C(c3ccccc3)c3ccccc3)CC2)c1. The smallest absolute Gasteiger partial charge is 0.265 e. The van der Waals surface area contributed by atoms with Crippen LogP contribution in [0.15, 0.2) is 83.8 Å². The molecule has 3 aromatic rings. The summed E-state index contributed by atoms with van der Waals surface area (Å²) in [6, 6.07) is 25.7. The Morgan fingerprint density at radius 3 is 2.00 bits per heavy atom. The number of piperazine rings is 1. The molecule has 7 nitrogen and oxygen atoms in total. The summed E-state index contributed by atoms with van der Waals surface area (Å²) in [6.45, 7) is 6.70. The van der Waals surface area contributed by atoms with Crippen LogP contribution in [0.2, 0.25) is 0 Å². The zero-order chi connectivity index (χ0) is 24.8. The fraction of sp³-hybridized carbons (Fsp3) is 0.296. The topological polar surface area (TPSA) is 81.7 Å². The normalized spacial score (nSPS) is 15.3. The second-order valence-corrected chi connectivity index (χ2v) is 10.4. The highest BCUT2D eigenvalue weighted by Gasteiger charge is 2.27. The van der Waals surface area contributed by atoms with Gasteiger partial charge in [0.15, 0.2) is 0 Å². The van der Waals surface area contributed by atoms with Gasteiger partial charge >= 0.3 is 0 Å². The minimum atomic E-state index is -3.64. The zero-order valence-electron chi connectivity index (χ0n) is 20.1. The fourth-order valence-corrected chi connectivity index (χ4v) is 5.53. The molecule has 1 aliphatic heterocycles. The minimum Gasteiger partial charge on any atom is -0.290 e. The average molecular weight is 493 g/mol. The minimum absolute atomic E-state index is 0.0912. The molecule has 1 saturated heterocycles. The Kier molecular flexibility index (Phi) is 7.97. The van der Waals surface area contributed by atoms with Crippen molar-refractivity contribution >= 4 is 15.9 Å². The number of aryl methyl sites for hydroxylation is 1. The van der Waals surface area contributed by atoms with E-state index in [-0.39, 0.29) is 23.4 Å². The molecule has 1 amide bonds. The molecule has 1 aliphatic rings. The monoisotopic (exact) mass is 492 g/mol. The van der Waals surface area contributed by atoms with Crippen LogP contribution in [0.5, 0.6) is 0 Å². The number of amides is 1. The largest absolute Gasteiger partial charge is 0.290 e. The van der Waals surface area contributed by atoms with Gasteiger partial charge in [-0.05, 0) is 35.7 Å². The Labute approximate surface area is 207 Å². The van der Waals surface area contributed by atoms with Crippen molar-refractivity contribution in [1.29, 1.82) is 0 Å². The Morgan fingerprint density at radius 1 is 0.886 bits per heavy atom. The Hall–Kier alpha value is -3.04. The van der Waals surface area contributed by atoms with E-state index < -0.39 is 10.0 Å². The van der Waals surface area contributed by atoms with E-state index in [1.165, 1.54) is 23.3 Å². The molecule has 0 aliphatic carbocycles. The number of sulfonamides is 1. The van der Waals surface area contributed by atoms with Crippen molar-refractivity contribution in [2.45, 2.75) is 24.8 Å². The van der Waals surface area contributed by atoms with Gasteiger partial charge in [-0.25, -0.2) is 18.1 Å². The van der Waals surface area contributed by atoms with Crippen LogP contribution in [0.25, 0.3) is 0 Å². The lowest BCUT2D eigenvalue weighted by Crippen LogP contribution is -2.54. The number of carbonyl (C=O) groups is 1. The molecule has 0 saturated carbocycles. The van der Waals surface area contributed by atoms with Crippen molar-refractivity contribution in [3.63, 3.8) is 0 Å². The van der Waals surface area contributed by atoms with Gasteiger partial charge in [-0.2, -0.15) is 0 Å². The summed E-state index contributed by atoms with van der Waals surface area (Å²) < 4.78 is 27.2. The molecule has 0 aromatic heterocycles. The Balaban J connectivity index is 1.45. The molecular formula is C27H32N4O3S. The molecular weight excluding hydrogens is 460 g/mol. The van der Waals surface area contributed by atoms with Crippen molar-refractivity contribution in [1.82, 2.24) is 20.1 Å². The van der Waals surface area contributed by atoms with Gasteiger partial charge in [0.2, 0.25) is 10.0 Å². The van der Waals surface area contributed by atoms with Crippen LogP contribution < -0.4 is 10.1 Å². The first kappa shape index (κ1) is 25.1. The lowest BCUT2D eigenvalue weighted by Gasteiger charge is -2.39. The van der Waals surface area contributed by atoms with E-state index in [0.29, 0.717) is 18.7 Å². The van der Waals surface area contributed by atoms with E-state index in [9.17, 15) is 13.2 Å². The van der Waals surface area contributed by atoms with Crippen LogP contribution in [0.1, 0.15) is 40.0 Å². The molecule has 0 atom stereocenters. The lowest BCUT2D eigenvalue weighted by atomic mass is 9.96. The lowest BCUT2D eigenvalue weighted by molar-refractivity contribution is 0.0553. The number of rotatable bonds is 8. The second-order valence-electron chi connectivity index (χ2n) is 8.67. The molecule has 0 spiro atoms. The van der Waals surface area contributed by atoms with Crippen LogP contribution in [-0.4, -0.2) is 57.0 Å². The fourth-order valence-electron chi connectivity index (χ4n) is 4.47. The predicted octanol–water partition coefficient (Wildman–Crippen LogP) is 3.35. The van der Waals surface area contributed by atoms with Crippen molar-refractivity contribution in [3.8, 4) is 0 Å². The number of hydrogen-bond acceptors (Lipinski definition) is 5. The van der Waals surface area contributed by atoms with E-state index in [0.717, 1.165) is 18.7 Å². The van der Waals surface area contributed by atoms with E-state index in [1.54, 1.807) is 19.9 Å². The van der Waals surface area contributed by atoms with Gasteiger partial charge in [0, 0.05) is 38.3 Å². The summed E-state index contributed by atoms with van der Waals surface area (Å²) in [5.74, 6) is -0.299. The van der Waals surface area contributed by atoms with Crippen LogP contribution >= 0.6 is 0 Å². The van der Waals surface area contributed by atoms with Crippen LogP contribution in [0.3, 0.4) is 0 Å². The third-order valence-corrected chi connectivity index (χ3v) is 7.81. The molecule has 0 bridgehead atoms. The number of nitrogens with one attached hydrogen (secondary N) is 2. The van der Waals surface area contributed by atoms with Gasteiger partial charge < -0.3 is 0 Å². The number of hydrazine groups is 1. The van der Waals surface area contributed by atoms with Gasteiger partial charge in [-0.1, -0.05) is 73.7 Å². The molecule has 4 rings (SSSR count). The maximum atomic E-state index is 13.0. The van der Waals surface area contributed by atoms with Gasteiger partial charge in [0.1, 0.15) is 0 Å². The second kappa shape index (κ2) is 11.1. The van der Waals surface area contributed by atoms with E-state index >= 15 is 0 Å². The highest BCUT2D eigenvalue weighted by atomic mass is 32.2. The molecule has 8 heteroatoms. The number of carbonyl (C=O) groups excluding carboxylic acids is 1. The maximum absolute atomic E-state index is 13.0. The van der Waals surface area contributed by atoms with E-state index in [1.807, 2.05) is 17.1 Å². The first-order valence-electron chi connectivity index (χ1n) is 11.9. The summed E-state index contributed by atoms with van der Waals surface area (Å²) in [5, 5.41) is 1.91. The summed E-state index contributed by atoms with van der Waals surface area (Å²) >= 11 is 0. The summed E-state index contributed by atoms with van der Waals surface area (Å²) in [6.07, 6.45) is 0. The molecule has 0 radical (unpaired) electrons. The molecule has 3 aromatic carbocycles. The van der Waals surface area contributed by atoms with Gasteiger partial charge in [0.25, 0.3) is 5.91 Å². The van der Waals surface area contributed by atoms with Crippen molar-refractivity contribution in [3.05, 3.63) is 101 Å². The van der Waals surface area contributed by atoms with Crippen molar-refractivity contribution in [2.24, 2.45) is 0 Å².